The Kier molecular flexibility index (Phi) is 3.25. The summed E-state index contributed by atoms with van der Waals surface area (Å²) in [6.45, 7) is 8.76. The Morgan fingerprint density at radius 3 is 2.47 bits per heavy atom. The van der Waals surface area contributed by atoms with Gasteiger partial charge in [-0.2, -0.15) is 0 Å². The van der Waals surface area contributed by atoms with Crippen LogP contribution in [0.3, 0.4) is 0 Å². The second-order valence-corrected chi connectivity index (χ2v) is 5.18. The molecule has 1 N–H and O–H groups in total. The third-order valence-electron chi connectivity index (χ3n) is 3.32. The lowest BCUT2D eigenvalue weighted by atomic mass is 10.1. The number of rotatable bonds is 3. The molecule has 92 valence electrons. The number of aromatic nitrogens is 1. The van der Waals surface area contributed by atoms with Gasteiger partial charge in [-0.3, -0.25) is 0 Å². The molecule has 1 unspecified atom stereocenters. The van der Waals surface area contributed by atoms with E-state index in [2.05, 4.69) is 56.5 Å². The lowest BCUT2D eigenvalue weighted by Crippen LogP contribution is -2.10. The molecule has 0 fully saturated rings. The minimum atomic E-state index is 0.185. The number of hydrogen-bond acceptors (Lipinski definition) is 1. The first-order valence-corrected chi connectivity index (χ1v) is 6.27. The predicted molar refractivity (Wildman–Crippen MR) is 72.6 cm³/mol. The van der Waals surface area contributed by atoms with Gasteiger partial charge in [-0.1, -0.05) is 19.1 Å². The van der Waals surface area contributed by atoms with Crippen LogP contribution in [0.2, 0.25) is 0 Å². The summed E-state index contributed by atoms with van der Waals surface area (Å²) in [6.07, 6.45) is 0. The normalized spacial score (nSPS) is 13.5. The van der Waals surface area contributed by atoms with Gasteiger partial charge in [0.05, 0.1) is 6.61 Å². The van der Waals surface area contributed by atoms with Crippen LogP contribution in [0, 0.1) is 6.92 Å². The van der Waals surface area contributed by atoms with Crippen LogP contribution in [-0.4, -0.2) is 16.3 Å². The lowest BCUT2D eigenvalue weighted by Gasteiger charge is -2.18. The topological polar surface area (TPSA) is 25.2 Å². The van der Waals surface area contributed by atoms with E-state index in [1.165, 1.54) is 22.2 Å². The molecule has 0 aliphatic heterocycles. The van der Waals surface area contributed by atoms with Crippen molar-refractivity contribution >= 4 is 10.9 Å². The van der Waals surface area contributed by atoms with E-state index in [1.807, 2.05) is 0 Å². The summed E-state index contributed by atoms with van der Waals surface area (Å²) >= 11 is 0. The molecule has 2 aromatic rings. The van der Waals surface area contributed by atoms with Gasteiger partial charge in [0.25, 0.3) is 0 Å². The number of benzene rings is 1. The van der Waals surface area contributed by atoms with Crippen molar-refractivity contribution in [2.75, 3.05) is 6.61 Å². The number of aliphatic hydroxyl groups excluding tert-OH is 1. The molecule has 1 aromatic heterocycles. The second-order valence-electron chi connectivity index (χ2n) is 5.18. The summed E-state index contributed by atoms with van der Waals surface area (Å²) in [6, 6.07) is 9.15. The van der Waals surface area contributed by atoms with E-state index in [0.717, 1.165) is 0 Å². The first-order valence-electron chi connectivity index (χ1n) is 6.27. The molecular formula is C15H21NO. The molecule has 0 aliphatic rings. The first kappa shape index (κ1) is 12.2. The van der Waals surface area contributed by atoms with Crippen LogP contribution >= 0.6 is 0 Å². The molecule has 2 heteroatoms. The Morgan fingerprint density at radius 1 is 1.18 bits per heavy atom. The SMILES string of the molecule is Cc1ccc2cc(C(C)CO)n(C(C)C)c2c1. The molecule has 0 bridgehead atoms. The van der Waals surface area contributed by atoms with Gasteiger partial charge in [0.15, 0.2) is 0 Å². The van der Waals surface area contributed by atoms with Gasteiger partial charge in [0.2, 0.25) is 0 Å². The fraction of sp³-hybridized carbons (Fsp3) is 0.467. The zero-order valence-corrected chi connectivity index (χ0v) is 11.1. The summed E-state index contributed by atoms with van der Waals surface area (Å²) in [5, 5.41) is 10.6. The van der Waals surface area contributed by atoms with Crippen LogP contribution in [0.5, 0.6) is 0 Å². The first-order chi connectivity index (χ1) is 8.04. The highest BCUT2D eigenvalue weighted by atomic mass is 16.3. The van der Waals surface area contributed by atoms with E-state index in [-0.39, 0.29) is 12.5 Å². The third kappa shape index (κ3) is 2.09. The standard InChI is InChI=1S/C15H21NO/c1-10(2)16-14(12(4)9-17)8-13-6-5-11(3)7-15(13)16/h5-8,10,12,17H,9H2,1-4H3. The summed E-state index contributed by atoms with van der Waals surface area (Å²) in [4.78, 5) is 0. The van der Waals surface area contributed by atoms with Crippen molar-refractivity contribution in [3.63, 3.8) is 0 Å². The van der Waals surface area contributed by atoms with Gasteiger partial charge in [-0.05, 0) is 43.9 Å². The molecule has 17 heavy (non-hydrogen) atoms. The highest BCUT2D eigenvalue weighted by Crippen LogP contribution is 2.29. The van der Waals surface area contributed by atoms with Crippen LogP contribution in [0.25, 0.3) is 10.9 Å². The van der Waals surface area contributed by atoms with Gasteiger partial charge in [-0.15, -0.1) is 0 Å². The third-order valence-corrected chi connectivity index (χ3v) is 3.32. The quantitative estimate of drug-likeness (QED) is 0.857. The molecule has 0 spiro atoms. The zero-order valence-electron chi connectivity index (χ0n) is 11.1. The van der Waals surface area contributed by atoms with Gasteiger partial charge < -0.3 is 9.67 Å². The number of nitrogens with zero attached hydrogens (tertiary/aromatic N) is 1. The summed E-state index contributed by atoms with van der Waals surface area (Å²) in [5.41, 5.74) is 3.78. The van der Waals surface area contributed by atoms with Crippen LogP contribution < -0.4 is 0 Å². The minimum absolute atomic E-state index is 0.185. The van der Waals surface area contributed by atoms with Crippen molar-refractivity contribution < 1.29 is 5.11 Å². The van der Waals surface area contributed by atoms with Gasteiger partial charge in [-0.25, -0.2) is 0 Å². The molecule has 0 saturated carbocycles. The average molecular weight is 231 g/mol. The smallest absolute Gasteiger partial charge is 0.0511 e. The molecule has 1 heterocycles. The van der Waals surface area contributed by atoms with E-state index in [1.54, 1.807) is 0 Å². The Hall–Kier alpha value is -1.28. The predicted octanol–water partition coefficient (Wildman–Crippen LogP) is 3.63. The largest absolute Gasteiger partial charge is 0.396 e. The number of hydrogen-bond donors (Lipinski definition) is 1. The lowest BCUT2D eigenvalue weighted by molar-refractivity contribution is 0.268. The monoisotopic (exact) mass is 231 g/mol. The molecule has 0 radical (unpaired) electrons. The molecule has 2 rings (SSSR count). The number of aliphatic hydroxyl groups is 1. The van der Waals surface area contributed by atoms with Gasteiger partial charge >= 0.3 is 0 Å². The van der Waals surface area contributed by atoms with E-state index < -0.39 is 0 Å². The Bertz CT molecular complexity index is 525. The van der Waals surface area contributed by atoms with Crippen molar-refractivity contribution in [2.45, 2.75) is 39.7 Å². The molecule has 0 saturated heterocycles. The zero-order chi connectivity index (χ0) is 12.6. The molecule has 0 amide bonds. The van der Waals surface area contributed by atoms with E-state index in [9.17, 15) is 5.11 Å². The highest BCUT2D eigenvalue weighted by molar-refractivity contribution is 5.82. The average Bonchev–Trinajstić information content (AvgIpc) is 2.66. The summed E-state index contributed by atoms with van der Waals surface area (Å²) in [5.74, 6) is 0.185. The van der Waals surface area contributed by atoms with E-state index in [0.29, 0.717) is 6.04 Å². The second kappa shape index (κ2) is 4.53. The maximum absolute atomic E-state index is 9.36. The Morgan fingerprint density at radius 2 is 1.88 bits per heavy atom. The van der Waals surface area contributed by atoms with Crippen molar-refractivity contribution in [1.29, 1.82) is 0 Å². The van der Waals surface area contributed by atoms with E-state index in [4.69, 9.17) is 0 Å². The molecule has 2 nitrogen and oxygen atoms in total. The van der Waals surface area contributed by atoms with Crippen molar-refractivity contribution in [2.24, 2.45) is 0 Å². The minimum Gasteiger partial charge on any atom is -0.396 e. The van der Waals surface area contributed by atoms with Gasteiger partial charge in [0, 0.05) is 23.2 Å². The van der Waals surface area contributed by atoms with Crippen molar-refractivity contribution in [1.82, 2.24) is 4.57 Å². The van der Waals surface area contributed by atoms with Crippen LogP contribution in [0.15, 0.2) is 24.3 Å². The van der Waals surface area contributed by atoms with Gasteiger partial charge in [0.1, 0.15) is 0 Å². The van der Waals surface area contributed by atoms with Crippen LogP contribution in [-0.2, 0) is 0 Å². The maximum Gasteiger partial charge on any atom is 0.0511 e. The number of aryl methyl sites for hydroxylation is 1. The molecule has 1 aromatic carbocycles. The molecular weight excluding hydrogens is 210 g/mol. The van der Waals surface area contributed by atoms with Crippen molar-refractivity contribution in [3.05, 3.63) is 35.5 Å². The molecule has 1 atom stereocenters. The number of fused-ring (bicyclic) bond motifs is 1. The fourth-order valence-electron chi connectivity index (χ4n) is 2.40. The molecule has 0 aliphatic carbocycles. The summed E-state index contributed by atoms with van der Waals surface area (Å²) < 4.78 is 2.34. The van der Waals surface area contributed by atoms with Crippen LogP contribution in [0.1, 0.15) is 44.0 Å². The Balaban J connectivity index is 2.71. The maximum atomic E-state index is 9.36. The highest BCUT2D eigenvalue weighted by Gasteiger charge is 2.15. The fourth-order valence-corrected chi connectivity index (χ4v) is 2.40. The summed E-state index contributed by atoms with van der Waals surface area (Å²) in [7, 11) is 0. The Labute approximate surface area is 103 Å². The van der Waals surface area contributed by atoms with E-state index >= 15 is 0 Å². The van der Waals surface area contributed by atoms with Crippen molar-refractivity contribution in [3.8, 4) is 0 Å². The van der Waals surface area contributed by atoms with Crippen LogP contribution in [0.4, 0.5) is 0 Å².